The molecule has 0 aliphatic carbocycles. The fourth-order valence-electron chi connectivity index (χ4n) is 2.41. The van der Waals surface area contributed by atoms with Gasteiger partial charge in [-0.05, 0) is 51.9 Å². The summed E-state index contributed by atoms with van der Waals surface area (Å²) in [6.45, 7) is 8.87. The minimum absolute atomic E-state index is 0.146. The minimum Gasteiger partial charge on any atom is -0.367 e. The van der Waals surface area contributed by atoms with Gasteiger partial charge in [-0.15, -0.1) is 0 Å². The number of hydrogen-bond acceptors (Lipinski definition) is 2. The van der Waals surface area contributed by atoms with E-state index in [1.807, 2.05) is 12.1 Å². The Hall–Kier alpha value is -0.730. The van der Waals surface area contributed by atoms with Crippen molar-refractivity contribution >= 4 is 17.3 Å². The maximum absolute atomic E-state index is 6.08. The fourth-order valence-corrected chi connectivity index (χ4v) is 2.60. The quantitative estimate of drug-likeness (QED) is 0.825. The number of halogens is 1. The highest BCUT2D eigenvalue weighted by Gasteiger charge is 2.27. The molecule has 0 bridgehead atoms. The van der Waals surface area contributed by atoms with Crippen LogP contribution in [0.25, 0.3) is 0 Å². The van der Waals surface area contributed by atoms with Crippen LogP contribution in [-0.4, -0.2) is 24.7 Å². The van der Waals surface area contributed by atoms with Crippen LogP contribution in [-0.2, 0) is 0 Å². The average Bonchev–Trinajstić information content (AvgIpc) is 2.38. The first kappa shape index (κ1) is 12.7. The Kier molecular flexibility index (Phi) is 3.64. The maximum Gasteiger partial charge on any atom is 0.0426 e. The molecule has 17 heavy (non-hydrogen) atoms. The molecule has 2 rings (SSSR count). The lowest BCUT2D eigenvalue weighted by molar-refractivity contribution is 0.415. The van der Waals surface area contributed by atoms with Crippen molar-refractivity contribution in [1.29, 1.82) is 0 Å². The van der Waals surface area contributed by atoms with E-state index in [4.69, 9.17) is 11.6 Å². The van der Waals surface area contributed by atoms with Gasteiger partial charge in [-0.25, -0.2) is 0 Å². The van der Waals surface area contributed by atoms with E-state index >= 15 is 0 Å². The van der Waals surface area contributed by atoms with Gasteiger partial charge in [0.05, 0.1) is 0 Å². The molecule has 1 fully saturated rings. The summed E-state index contributed by atoms with van der Waals surface area (Å²) in [7, 11) is 0. The molecular weight excluding hydrogens is 232 g/mol. The Morgan fingerprint density at radius 2 is 2.18 bits per heavy atom. The lowest BCUT2D eigenvalue weighted by Crippen LogP contribution is -2.47. The summed E-state index contributed by atoms with van der Waals surface area (Å²) in [6, 6.07) is 8.69. The molecule has 94 valence electrons. The van der Waals surface area contributed by atoms with Gasteiger partial charge in [-0.3, -0.25) is 0 Å². The van der Waals surface area contributed by atoms with Gasteiger partial charge in [0.1, 0.15) is 0 Å². The van der Waals surface area contributed by atoms with Crippen LogP contribution in [0.3, 0.4) is 0 Å². The van der Waals surface area contributed by atoms with Crippen LogP contribution in [0.1, 0.15) is 27.2 Å². The smallest absolute Gasteiger partial charge is 0.0426 e. The molecule has 1 unspecified atom stereocenters. The summed E-state index contributed by atoms with van der Waals surface area (Å²) in [4.78, 5) is 2.45. The average molecular weight is 253 g/mol. The summed E-state index contributed by atoms with van der Waals surface area (Å²) in [5.74, 6) is 0. The van der Waals surface area contributed by atoms with Crippen molar-refractivity contribution in [2.24, 2.45) is 0 Å². The number of nitrogens with one attached hydrogen (secondary N) is 1. The molecule has 3 heteroatoms. The van der Waals surface area contributed by atoms with Crippen LogP contribution in [0.2, 0.25) is 5.02 Å². The van der Waals surface area contributed by atoms with Crippen molar-refractivity contribution in [2.75, 3.05) is 18.0 Å². The first-order chi connectivity index (χ1) is 7.98. The van der Waals surface area contributed by atoms with Crippen molar-refractivity contribution < 1.29 is 0 Å². The summed E-state index contributed by atoms with van der Waals surface area (Å²) in [6.07, 6.45) is 1.16. The second-order valence-corrected chi connectivity index (χ2v) is 5.99. The van der Waals surface area contributed by atoms with E-state index in [0.29, 0.717) is 6.04 Å². The highest BCUT2D eigenvalue weighted by atomic mass is 35.5. The molecule has 1 saturated heterocycles. The predicted octanol–water partition coefficient (Wildman–Crippen LogP) is 3.31. The van der Waals surface area contributed by atoms with Gasteiger partial charge < -0.3 is 10.2 Å². The van der Waals surface area contributed by atoms with E-state index in [1.54, 1.807) is 0 Å². The monoisotopic (exact) mass is 252 g/mol. The summed E-state index contributed by atoms with van der Waals surface area (Å²) >= 11 is 6.08. The SMILES string of the molecule is CC1CCNC(C)(C)CN1c1cccc(Cl)c1. The zero-order chi connectivity index (χ0) is 12.5. The summed E-state index contributed by atoms with van der Waals surface area (Å²) in [5, 5.41) is 4.40. The molecule has 1 atom stereocenters. The first-order valence-corrected chi connectivity index (χ1v) is 6.63. The number of rotatable bonds is 1. The number of hydrogen-bond donors (Lipinski definition) is 1. The lowest BCUT2D eigenvalue weighted by atomic mass is 10.0. The van der Waals surface area contributed by atoms with Gasteiger partial charge in [0.2, 0.25) is 0 Å². The van der Waals surface area contributed by atoms with Crippen molar-refractivity contribution in [3.05, 3.63) is 29.3 Å². The minimum atomic E-state index is 0.146. The molecule has 0 radical (unpaired) electrons. The largest absolute Gasteiger partial charge is 0.367 e. The molecule has 1 N–H and O–H groups in total. The van der Waals surface area contributed by atoms with Crippen LogP contribution < -0.4 is 10.2 Å². The van der Waals surface area contributed by atoms with Crippen LogP contribution in [0.4, 0.5) is 5.69 Å². The van der Waals surface area contributed by atoms with Gasteiger partial charge in [-0.2, -0.15) is 0 Å². The zero-order valence-corrected chi connectivity index (χ0v) is 11.6. The number of anilines is 1. The topological polar surface area (TPSA) is 15.3 Å². The maximum atomic E-state index is 6.08. The standard InChI is InChI=1S/C14H21ClN2/c1-11-7-8-16-14(2,3)10-17(11)13-6-4-5-12(15)9-13/h4-6,9,11,16H,7-8,10H2,1-3H3. The van der Waals surface area contributed by atoms with Crippen molar-refractivity contribution in [1.82, 2.24) is 5.32 Å². The van der Waals surface area contributed by atoms with Crippen molar-refractivity contribution in [2.45, 2.75) is 38.8 Å². The molecular formula is C14H21ClN2. The van der Waals surface area contributed by atoms with Gasteiger partial charge in [0.15, 0.2) is 0 Å². The molecule has 2 nitrogen and oxygen atoms in total. The second kappa shape index (κ2) is 4.87. The van der Waals surface area contributed by atoms with Crippen LogP contribution >= 0.6 is 11.6 Å². The third-order valence-electron chi connectivity index (χ3n) is 3.40. The normalized spacial score (nSPS) is 24.5. The highest BCUT2D eigenvalue weighted by molar-refractivity contribution is 6.30. The highest BCUT2D eigenvalue weighted by Crippen LogP contribution is 2.25. The molecule has 1 aromatic carbocycles. The van der Waals surface area contributed by atoms with Crippen LogP contribution in [0.15, 0.2) is 24.3 Å². The summed E-state index contributed by atoms with van der Waals surface area (Å²) < 4.78 is 0. The van der Waals surface area contributed by atoms with Crippen LogP contribution in [0.5, 0.6) is 0 Å². The third-order valence-corrected chi connectivity index (χ3v) is 3.64. The van der Waals surface area contributed by atoms with E-state index in [-0.39, 0.29) is 5.54 Å². The van der Waals surface area contributed by atoms with Crippen molar-refractivity contribution in [3.63, 3.8) is 0 Å². The summed E-state index contributed by atoms with van der Waals surface area (Å²) in [5.41, 5.74) is 1.37. The van der Waals surface area contributed by atoms with Crippen LogP contribution in [0, 0.1) is 0 Å². The van der Waals surface area contributed by atoms with E-state index in [2.05, 4.69) is 43.1 Å². The lowest BCUT2D eigenvalue weighted by Gasteiger charge is -2.34. The zero-order valence-electron chi connectivity index (χ0n) is 10.8. The molecule has 1 aliphatic heterocycles. The Balaban J connectivity index is 2.27. The molecule has 0 aromatic heterocycles. The molecule has 1 aliphatic rings. The number of nitrogens with zero attached hydrogens (tertiary/aromatic N) is 1. The van der Waals surface area contributed by atoms with Gasteiger partial charge in [0, 0.05) is 28.8 Å². The van der Waals surface area contributed by atoms with Crippen molar-refractivity contribution in [3.8, 4) is 0 Å². The van der Waals surface area contributed by atoms with E-state index in [1.165, 1.54) is 5.69 Å². The predicted molar refractivity (Wildman–Crippen MR) is 75.0 cm³/mol. The fraction of sp³-hybridized carbons (Fsp3) is 0.571. The Bertz CT molecular complexity index is 390. The van der Waals surface area contributed by atoms with E-state index < -0.39 is 0 Å². The first-order valence-electron chi connectivity index (χ1n) is 6.25. The second-order valence-electron chi connectivity index (χ2n) is 5.56. The third kappa shape index (κ3) is 3.14. The molecule has 0 saturated carbocycles. The number of benzene rings is 1. The molecule has 0 amide bonds. The molecule has 1 heterocycles. The van der Waals surface area contributed by atoms with E-state index in [0.717, 1.165) is 24.5 Å². The Morgan fingerprint density at radius 1 is 1.41 bits per heavy atom. The molecule has 1 aromatic rings. The van der Waals surface area contributed by atoms with E-state index in [9.17, 15) is 0 Å². The Morgan fingerprint density at radius 3 is 2.88 bits per heavy atom. The van der Waals surface area contributed by atoms with Gasteiger partial charge in [-0.1, -0.05) is 17.7 Å². The van der Waals surface area contributed by atoms with Gasteiger partial charge in [0.25, 0.3) is 0 Å². The molecule has 0 spiro atoms. The van der Waals surface area contributed by atoms with Gasteiger partial charge >= 0.3 is 0 Å². The Labute approximate surface area is 109 Å².